The van der Waals surface area contributed by atoms with E-state index in [9.17, 15) is 14.7 Å². The van der Waals surface area contributed by atoms with Crippen LogP contribution in [0.2, 0.25) is 0 Å². The van der Waals surface area contributed by atoms with Crippen molar-refractivity contribution >= 4 is 11.8 Å². The molecular weight excluding hydrogens is 446 g/mol. The van der Waals surface area contributed by atoms with Crippen molar-refractivity contribution in [2.75, 3.05) is 14.2 Å². The topological polar surface area (TPSA) is 94.1 Å². The van der Waals surface area contributed by atoms with Gasteiger partial charge in [-0.05, 0) is 47.2 Å². The molecule has 1 heterocycles. The third-order valence-corrected chi connectivity index (χ3v) is 6.61. The van der Waals surface area contributed by atoms with Crippen molar-refractivity contribution in [3.8, 4) is 17.2 Å². The van der Waals surface area contributed by atoms with E-state index in [2.05, 4.69) is 11.9 Å². The van der Waals surface area contributed by atoms with Crippen molar-refractivity contribution in [1.82, 2.24) is 5.32 Å². The Morgan fingerprint density at radius 3 is 2.46 bits per heavy atom. The summed E-state index contributed by atoms with van der Waals surface area (Å²) in [6.45, 7) is 8.29. The van der Waals surface area contributed by atoms with Gasteiger partial charge in [-0.1, -0.05) is 38.6 Å². The molecular formula is C28H31NO6. The Morgan fingerprint density at radius 2 is 1.83 bits per heavy atom. The smallest absolute Gasteiger partial charge is 0.316 e. The summed E-state index contributed by atoms with van der Waals surface area (Å²) in [5.74, 6) is -1.04. The van der Waals surface area contributed by atoms with Gasteiger partial charge in [-0.3, -0.25) is 9.59 Å². The molecule has 2 unspecified atom stereocenters. The molecule has 7 nitrogen and oxygen atoms in total. The lowest BCUT2D eigenvalue weighted by Crippen LogP contribution is -2.43. The number of allylic oxidation sites excluding steroid dienone is 2. The number of hydrogen-bond acceptors (Lipinski definition) is 7. The highest BCUT2D eigenvalue weighted by Crippen LogP contribution is 2.49. The molecule has 2 aromatic carbocycles. The van der Waals surface area contributed by atoms with Crippen LogP contribution >= 0.6 is 0 Å². The number of benzene rings is 2. The fourth-order valence-electron chi connectivity index (χ4n) is 4.95. The first-order valence-corrected chi connectivity index (χ1v) is 11.5. The Bertz CT molecular complexity index is 1190. The van der Waals surface area contributed by atoms with E-state index in [-0.39, 0.29) is 23.6 Å². The number of carbonyl (C=O) groups is 2. The third kappa shape index (κ3) is 4.90. The molecule has 0 saturated carbocycles. The van der Waals surface area contributed by atoms with E-state index in [0.29, 0.717) is 41.2 Å². The molecule has 0 aromatic heterocycles. The second-order valence-electron chi connectivity index (χ2n) is 9.83. The first-order chi connectivity index (χ1) is 16.6. The Labute approximate surface area is 205 Å². The zero-order valence-electron chi connectivity index (χ0n) is 20.5. The summed E-state index contributed by atoms with van der Waals surface area (Å²) in [4.78, 5) is 26.8. The third-order valence-electron chi connectivity index (χ3n) is 6.61. The summed E-state index contributed by atoms with van der Waals surface area (Å²) < 4.78 is 16.0. The minimum absolute atomic E-state index is 0.0236. The normalized spacial score (nSPS) is 21.1. The van der Waals surface area contributed by atoms with Gasteiger partial charge in [0.05, 0.1) is 14.2 Å². The molecule has 184 valence electrons. The fraction of sp³-hybridized carbons (Fsp3) is 0.357. The SMILES string of the molecule is C=C1NC2=C(C(=O)CC(C)(C)C2)C(c2ccc(OC)c(O)c2)C1C(=O)OCc1ccc(OC)cc1. The summed E-state index contributed by atoms with van der Waals surface area (Å²) in [6, 6.07) is 12.2. The zero-order chi connectivity index (χ0) is 25.3. The van der Waals surface area contributed by atoms with Crippen molar-refractivity contribution < 1.29 is 28.9 Å². The molecule has 2 atom stereocenters. The highest BCUT2D eigenvalue weighted by atomic mass is 16.5. The van der Waals surface area contributed by atoms with Gasteiger partial charge in [-0.25, -0.2) is 0 Å². The first-order valence-electron chi connectivity index (χ1n) is 11.5. The minimum Gasteiger partial charge on any atom is -0.504 e. The Kier molecular flexibility index (Phi) is 6.61. The molecule has 0 amide bonds. The molecule has 2 aliphatic rings. The lowest BCUT2D eigenvalue weighted by Gasteiger charge is -2.42. The van der Waals surface area contributed by atoms with E-state index in [1.54, 1.807) is 37.4 Å². The molecule has 0 spiro atoms. The van der Waals surface area contributed by atoms with Crippen LogP contribution in [-0.2, 0) is 20.9 Å². The molecule has 1 aliphatic carbocycles. The van der Waals surface area contributed by atoms with Gasteiger partial charge in [0.1, 0.15) is 18.3 Å². The summed E-state index contributed by atoms with van der Waals surface area (Å²) in [5.41, 5.74) is 3.01. The van der Waals surface area contributed by atoms with Crippen LogP contribution in [0, 0.1) is 11.3 Å². The summed E-state index contributed by atoms with van der Waals surface area (Å²) in [5, 5.41) is 13.7. The van der Waals surface area contributed by atoms with Crippen molar-refractivity contribution in [1.29, 1.82) is 0 Å². The number of phenolic OH excluding ortho intramolecular Hbond substituents is 1. The number of ether oxygens (including phenoxy) is 3. The molecule has 2 N–H and O–H groups in total. The zero-order valence-corrected chi connectivity index (χ0v) is 20.5. The van der Waals surface area contributed by atoms with Gasteiger partial charge in [-0.15, -0.1) is 0 Å². The van der Waals surface area contributed by atoms with Gasteiger partial charge in [-0.2, -0.15) is 0 Å². The van der Waals surface area contributed by atoms with Crippen LogP contribution in [0.3, 0.4) is 0 Å². The fourth-order valence-corrected chi connectivity index (χ4v) is 4.95. The maximum absolute atomic E-state index is 13.4. The number of Topliss-reactive ketones (excluding diaryl/α,β-unsaturated/α-hetero) is 1. The monoisotopic (exact) mass is 477 g/mol. The molecule has 0 fully saturated rings. The molecule has 4 rings (SSSR count). The van der Waals surface area contributed by atoms with Gasteiger partial charge in [0, 0.05) is 29.3 Å². The van der Waals surface area contributed by atoms with Crippen molar-refractivity contribution in [3.05, 3.63) is 77.1 Å². The highest BCUT2D eigenvalue weighted by molar-refractivity contribution is 6.01. The number of carbonyl (C=O) groups excluding carboxylic acids is 2. The standard InChI is InChI=1S/C28H31NO6/c1-16-24(27(32)35-15-17-6-9-19(33-4)10-7-17)25(18-8-11-23(34-5)21(30)12-18)26-20(29-16)13-28(2,3)14-22(26)31/h6-12,24-25,29-30H,1,13-15H2,2-5H3. The number of methoxy groups -OCH3 is 2. The van der Waals surface area contributed by atoms with Crippen LogP contribution < -0.4 is 14.8 Å². The first kappa shape index (κ1) is 24.4. The molecule has 7 heteroatoms. The number of aromatic hydroxyl groups is 1. The Morgan fingerprint density at radius 1 is 1.11 bits per heavy atom. The van der Waals surface area contributed by atoms with Crippen molar-refractivity contribution in [2.45, 2.75) is 39.2 Å². The van der Waals surface area contributed by atoms with Crippen LogP contribution in [0.5, 0.6) is 17.2 Å². The van der Waals surface area contributed by atoms with Crippen LogP contribution in [0.15, 0.2) is 66.0 Å². The summed E-state index contributed by atoms with van der Waals surface area (Å²) in [6.07, 6.45) is 1.02. The quantitative estimate of drug-likeness (QED) is 0.587. The maximum Gasteiger partial charge on any atom is 0.316 e. The van der Waals surface area contributed by atoms with Crippen LogP contribution in [0.1, 0.15) is 43.7 Å². The number of nitrogens with one attached hydrogen (secondary N) is 1. The molecule has 2 aromatic rings. The highest BCUT2D eigenvalue weighted by Gasteiger charge is 2.46. The van der Waals surface area contributed by atoms with Crippen LogP contribution in [0.25, 0.3) is 0 Å². The van der Waals surface area contributed by atoms with E-state index in [1.165, 1.54) is 7.11 Å². The lowest BCUT2D eigenvalue weighted by molar-refractivity contribution is -0.149. The number of phenols is 1. The van der Waals surface area contributed by atoms with Gasteiger partial charge in [0.2, 0.25) is 0 Å². The predicted molar refractivity (Wildman–Crippen MR) is 131 cm³/mol. The molecule has 0 bridgehead atoms. The number of esters is 1. The lowest BCUT2D eigenvalue weighted by atomic mass is 9.66. The Balaban J connectivity index is 1.70. The molecule has 0 saturated heterocycles. The predicted octanol–water partition coefficient (Wildman–Crippen LogP) is 4.61. The maximum atomic E-state index is 13.4. The molecule has 1 aliphatic heterocycles. The molecule has 0 radical (unpaired) electrons. The minimum atomic E-state index is -0.843. The average Bonchev–Trinajstić information content (AvgIpc) is 2.81. The van der Waals surface area contributed by atoms with Crippen molar-refractivity contribution in [2.24, 2.45) is 11.3 Å². The van der Waals surface area contributed by atoms with Gasteiger partial charge in [0.15, 0.2) is 17.3 Å². The average molecular weight is 478 g/mol. The van der Waals surface area contributed by atoms with Crippen LogP contribution in [0.4, 0.5) is 0 Å². The van der Waals surface area contributed by atoms with Gasteiger partial charge in [0.25, 0.3) is 0 Å². The van der Waals surface area contributed by atoms with E-state index < -0.39 is 17.8 Å². The van der Waals surface area contributed by atoms with Crippen LogP contribution in [-0.4, -0.2) is 31.1 Å². The van der Waals surface area contributed by atoms with E-state index >= 15 is 0 Å². The van der Waals surface area contributed by atoms with E-state index in [0.717, 1.165) is 11.3 Å². The number of hydrogen-bond donors (Lipinski definition) is 2. The number of ketones is 1. The second-order valence-corrected chi connectivity index (χ2v) is 9.83. The van der Waals surface area contributed by atoms with Crippen molar-refractivity contribution in [3.63, 3.8) is 0 Å². The van der Waals surface area contributed by atoms with E-state index in [4.69, 9.17) is 14.2 Å². The Hall–Kier alpha value is -3.74. The van der Waals surface area contributed by atoms with Gasteiger partial charge >= 0.3 is 5.97 Å². The largest absolute Gasteiger partial charge is 0.504 e. The molecule has 35 heavy (non-hydrogen) atoms. The second kappa shape index (κ2) is 9.49. The van der Waals surface area contributed by atoms with Gasteiger partial charge < -0.3 is 24.6 Å². The summed E-state index contributed by atoms with van der Waals surface area (Å²) in [7, 11) is 3.05. The van der Waals surface area contributed by atoms with E-state index in [1.807, 2.05) is 26.0 Å². The number of rotatable bonds is 6. The summed E-state index contributed by atoms with van der Waals surface area (Å²) >= 11 is 0.